The molecule has 0 bridgehead atoms. The second-order valence-electron chi connectivity index (χ2n) is 6.63. The van der Waals surface area contributed by atoms with Crippen LogP contribution in [0.4, 0.5) is 0 Å². The van der Waals surface area contributed by atoms with Gasteiger partial charge in [-0.05, 0) is 19.1 Å². The van der Waals surface area contributed by atoms with Crippen molar-refractivity contribution in [2.24, 2.45) is 0 Å². The molecule has 2 heterocycles. The Morgan fingerprint density at radius 1 is 1.20 bits per heavy atom. The Morgan fingerprint density at radius 2 is 1.88 bits per heavy atom. The summed E-state index contributed by atoms with van der Waals surface area (Å²) in [5.74, 6) is 2.87. The molecule has 0 saturated heterocycles. The van der Waals surface area contributed by atoms with Gasteiger partial charge >= 0.3 is 0 Å². The smallest absolute Gasteiger partial charge is 0.243 e. The topological polar surface area (TPSA) is 80.9 Å². The number of hydrogen-bond acceptors (Lipinski definition) is 7. The van der Waals surface area contributed by atoms with E-state index in [1.54, 1.807) is 14.2 Å². The first-order valence-corrected chi connectivity index (χ1v) is 8.45. The summed E-state index contributed by atoms with van der Waals surface area (Å²) in [6.07, 6.45) is -0.677. The second kappa shape index (κ2) is 7.01. The summed E-state index contributed by atoms with van der Waals surface area (Å²) in [5.41, 5.74) is 1.72. The molecule has 0 unspecified atom stereocenters. The van der Waals surface area contributed by atoms with Crippen LogP contribution < -0.4 is 9.47 Å². The monoisotopic (exact) mass is 347 g/mol. The van der Waals surface area contributed by atoms with Crippen molar-refractivity contribution in [1.82, 2.24) is 15.0 Å². The van der Waals surface area contributed by atoms with E-state index < -0.39 is 6.10 Å². The number of methoxy groups -OCH3 is 2. The second-order valence-corrected chi connectivity index (χ2v) is 6.63. The third-order valence-corrected chi connectivity index (χ3v) is 4.69. The summed E-state index contributed by atoms with van der Waals surface area (Å²) < 4.78 is 16.3. The van der Waals surface area contributed by atoms with Crippen LogP contribution in [-0.2, 0) is 6.54 Å². The van der Waals surface area contributed by atoms with Gasteiger partial charge in [-0.15, -0.1) is 0 Å². The SMILES string of the molecule is COc1ccc(OC)c2c1CN([C@@H](C)c1nc(C(C)C)no1)C[C@H]2O. The third-order valence-electron chi connectivity index (χ3n) is 4.69. The number of fused-ring (bicyclic) bond motifs is 1. The molecule has 0 aliphatic carbocycles. The van der Waals surface area contributed by atoms with Crippen LogP contribution in [0.25, 0.3) is 0 Å². The van der Waals surface area contributed by atoms with Gasteiger partial charge in [0.1, 0.15) is 11.5 Å². The first kappa shape index (κ1) is 17.7. The Morgan fingerprint density at radius 3 is 2.48 bits per heavy atom. The molecule has 1 aliphatic rings. The Bertz CT molecular complexity index is 744. The van der Waals surface area contributed by atoms with Crippen LogP contribution in [0.5, 0.6) is 11.5 Å². The van der Waals surface area contributed by atoms with Crippen LogP contribution in [0, 0.1) is 0 Å². The summed E-state index contributed by atoms with van der Waals surface area (Å²) in [4.78, 5) is 6.59. The maximum absolute atomic E-state index is 10.7. The average Bonchev–Trinajstić information content (AvgIpc) is 3.10. The molecule has 2 atom stereocenters. The van der Waals surface area contributed by atoms with Gasteiger partial charge in [0.15, 0.2) is 5.82 Å². The van der Waals surface area contributed by atoms with Crippen LogP contribution in [0.3, 0.4) is 0 Å². The maximum Gasteiger partial charge on any atom is 0.243 e. The molecule has 7 heteroatoms. The van der Waals surface area contributed by atoms with Crippen molar-refractivity contribution < 1.29 is 19.1 Å². The Kier molecular flexibility index (Phi) is 4.96. The van der Waals surface area contributed by atoms with Gasteiger partial charge in [0.2, 0.25) is 5.89 Å². The lowest BCUT2D eigenvalue weighted by atomic mass is 9.94. The number of aliphatic hydroxyl groups excluding tert-OH is 1. The van der Waals surface area contributed by atoms with Gasteiger partial charge in [0.05, 0.1) is 26.4 Å². The number of β-amino-alcohol motifs (C(OH)–C–C–N with tert-alkyl or cyclic N) is 1. The van der Waals surface area contributed by atoms with Crippen molar-refractivity contribution in [3.63, 3.8) is 0 Å². The molecular weight excluding hydrogens is 322 g/mol. The zero-order valence-corrected chi connectivity index (χ0v) is 15.3. The molecule has 25 heavy (non-hydrogen) atoms. The predicted octanol–water partition coefficient (Wildman–Crippen LogP) is 2.82. The maximum atomic E-state index is 10.7. The van der Waals surface area contributed by atoms with E-state index in [-0.39, 0.29) is 12.0 Å². The molecule has 1 aromatic carbocycles. The van der Waals surface area contributed by atoms with Crippen LogP contribution in [0.1, 0.15) is 61.7 Å². The minimum absolute atomic E-state index is 0.112. The van der Waals surface area contributed by atoms with E-state index >= 15 is 0 Å². The molecule has 3 rings (SSSR count). The molecule has 136 valence electrons. The Balaban J connectivity index is 1.92. The van der Waals surface area contributed by atoms with Crippen molar-refractivity contribution in [2.45, 2.75) is 45.4 Å². The van der Waals surface area contributed by atoms with E-state index in [9.17, 15) is 5.11 Å². The van der Waals surface area contributed by atoms with E-state index in [0.717, 1.165) is 16.9 Å². The van der Waals surface area contributed by atoms with Crippen LogP contribution in [-0.4, -0.2) is 40.9 Å². The summed E-state index contributed by atoms with van der Waals surface area (Å²) in [7, 11) is 3.24. The first-order valence-electron chi connectivity index (χ1n) is 8.45. The summed E-state index contributed by atoms with van der Waals surface area (Å²) >= 11 is 0. The fourth-order valence-electron chi connectivity index (χ4n) is 3.20. The van der Waals surface area contributed by atoms with Gasteiger partial charge in [-0.2, -0.15) is 4.98 Å². The normalized spacial score (nSPS) is 18.9. The fraction of sp³-hybridized carbons (Fsp3) is 0.556. The summed E-state index contributed by atoms with van der Waals surface area (Å²) in [6.45, 7) is 7.11. The van der Waals surface area contributed by atoms with Crippen LogP contribution in [0.15, 0.2) is 16.7 Å². The highest BCUT2D eigenvalue weighted by Gasteiger charge is 2.33. The third kappa shape index (κ3) is 3.21. The highest BCUT2D eigenvalue weighted by molar-refractivity contribution is 5.51. The molecule has 0 saturated carbocycles. The summed E-state index contributed by atoms with van der Waals surface area (Å²) in [5, 5.41) is 14.7. The van der Waals surface area contributed by atoms with Crippen LogP contribution >= 0.6 is 0 Å². The highest BCUT2D eigenvalue weighted by atomic mass is 16.5. The average molecular weight is 347 g/mol. The van der Waals surface area contributed by atoms with E-state index in [2.05, 4.69) is 15.0 Å². The van der Waals surface area contributed by atoms with Crippen molar-refractivity contribution in [1.29, 1.82) is 0 Å². The molecular formula is C18H25N3O4. The molecule has 0 radical (unpaired) electrons. The number of ether oxygens (including phenoxy) is 2. The van der Waals surface area contributed by atoms with Crippen molar-refractivity contribution in [3.8, 4) is 11.5 Å². The van der Waals surface area contributed by atoms with Gasteiger partial charge in [-0.1, -0.05) is 19.0 Å². The van der Waals surface area contributed by atoms with E-state index in [0.29, 0.717) is 30.6 Å². The zero-order chi connectivity index (χ0) is 18.1. The molecule has 0 amide bonds. The summed E-state index contributed by atoms with van der Waals surface area (Å²) in [6, 6.07) is 3.58. The highest BCUT2D eigenvalue weighted by Crippen LogP contribution is 2.41. The Labute approximate surface area is 147 Å². The standard InChI is InChI=1S/C18H25N3O4/c1-10(2)17-19-18(25-20-17)11(3)21-8-12-14(23-4)6-7-15(24-5)16(12)13(22)9-21/h6-7,10-11,13,22H,8-9H2,1-5H3/t11-,13+/m0/s1. The fourth-order valence-corrected chi connectivity index (χ4v) is 3.20. The molecule has 1 aliphatic heterocycles. The predicted molar refractivity (Wildman–Crippen MR) is 91.7 cm³/mol. The molecule has 0 fully saturated rings. The minimum atomic E-state index is -0.677. The lowest BCUT2D eigenvalue weighted by Crippen LogP contribution is -2.36. The van der Waals surface area contributed by atoms with Gasteiger partial charge in [-0.3, -0.25) is 4.90 Å². The van der Waals surface area contributed by atoms with E-state index in [4.69, 9.17) is 14.0 Å². The molecule has 1 N–H and O–H groups in total. The van der Waals surface area contributed by atoms with E-state index in [1.165, 1.54) is 0 Å². The lowest BCUT2D eigenvalue weighted by molar-refractivity contribution is 0.0567. The minimum Gasteiger partial charge on any atom is -0.496 e. The number of rotatable bonds is 5. The van der Waals surface area contributed by atoms with Crippen LogP contribution in [0.2, 0.25) is 0 Å². The Hall–Kier alpha value is -2.12. The van der Waals surface area contributed by atoms with Gasteiger partial charge in [0.25, 0.3) is 0 Å². The van der Waals surface area contributed by atoms with Crippen molar-refractivity contribution in [2.75, 3.05) is 20.8 Å². The number of nitrogens with zero attached hydrogens (tertiary/aromatic N) is 3. The lowest BCUT2D eigenvalue weighted by Gasteiger charge is -2.36. The number of aliphatic hydroxyl groups is 1. The van der Waals surface area contributed by atoms with Gasteiger partial charge < -0.3 is 19.1 Å². The quantitative estimate of drug-likeness (QED) is 0.890. The van der Waals surface area contributed by atoms with Crippen molar-refractivity contribution >= 4 is 0 Å². The molecule has 0 spiro atoms. The van der Waals surface area contributed by atoms with Crippen molar-refractivity contribution in [3.05, 3.63) is 35.0 Å². The molecule has 2 aromatic rings. The first-order chi connectivity index (χ1) is 12.0. The molecule has 7 nitrogen and oxygen atoms in total. The zero-order valence-electron chi connectivity index (χ0n) is 15.3. The number of benzene rings is 1. The number of hydrogen-bond donors (Lipinski definition) is 1. The molecule has 1 aromatic heterocycles. The van der Waals surface area contributed by atoms with Gasteiger partial charge in [-0.25, -0.2) is 0 Å². The van der Waals surface area contributed by atoms with E-state index in [1.807, 2.05) is 32.9 Å². The van der Waals surface area contributed by atoms with Gasteiger partial charge in [0, 0.05) is 30.1 Å². The number of aromatic nitrogens is 2. The largest absolute Gasteiger partial charge is 0.496 e.